The van der Waals surface area contributed by atoms with Gasteiger partial charge in [0.2, 0.25) is 5.91 Å². The Morgan fingerprint density at radius 3 is 2.64 bits per heavy atom. The molecule has 1 amide bonds. The van der Waals surface area contributed by atoms with Crippen molar-refractivity contribution in [2.75, 3.05) is 7.11 Å². The van der Waals surface area contributed by atoms with Crippen LogP contribution in [0.1, 0.15) is 5.56 Å². The van der Waals surface area contributed by atoms with Crippen LogP contribution >= 0.6 is 0 Å². The van der Waals surface area contributed by atoms with E-state index in [9.17, 15) is 14.4 Å². The number of carbonyl (C=O) groups excluding carboxylic acids is 1. The van der Waals surface area contributed by atoms with Crippen molar-refractivity contribution < 1.29 is 9.53 Å². The molecule has 0 aliphatic rings. The fourth-order valence-corrected chi connectivity index (χ4v) is 2.69. The summed E-state index contributed by atoms with van der Waals surface area (Å²) in [5.74, 6) is -0.141. The highest BCUT2D eigenvalue weighted by Gasteiger charge is 2.16. The van der Waals surface area contributed by atoms with E-state index in [0.29, 0.717) is 11.3 Å². The molecule has 1 aromatic carbocycles. The van der Waals surface area contributed by atoms with Gasteiger partial charge in [0, 0.05) is 11.8 Å². The minimum absolute atomic E-state index is 0.00523. The minimum atomic E-state index is -0.698. The Kier molecular flexibility index (Phi) is 4.34. The molecule has 0 spiro atoms. The van der Waals surface area contributed by atoms with Crippen LogP contribution < -0.4 is 21.7 Å². The second kappa shape index (κ2) is 6.60. The van der Waals surface area contributed by atoms with Crippen LogP contribution in [0, 0.1) is 0 Å². The third-order valence-electron chi connectivity index (χ3n) is 3.81. The van der Waals surface area contributed by atoms with Crippen LogP contribution in [0.15, 0.2) is 52.2 Å². The van der Waals surface area contributed by atoms with Crippen LogP contribution in [0.2, 0.25) is 0 Å². The molecule has 128 valence electrons. The smallest absolute Gasteiger partial charge is 0.333 e. The maximum atomic E-state index is 12.8. The Morgan fingerprint density at radius 1 is 1.16 bits per heavy atom. The maximum absolute atomic E-state index is 12.8. The number of carbonyl (C=O) groups is 1. The molecule has 2 aromatic heterocycles. The average molecular weight is 340 g/mol. The first-order chi connectivity index (χ1) is 12.0. The number of methoxy groups -OCH3 is 1. The summed E-state index contributed by atoms with van der Waals surface area (Å²) in [6.45, 7) is -0.357. The molecule has 0 aliphatic heterocycles. The molecule has 0 bridgehead atoms. The van der Waals surface area contributed by atoms with Gasteiger partial charge in [-0.3, -0.25) is 18.7 Å². The van der Waals surface area contributed by atoms with Gasteiger partial charge in [0.05, 0.1) is 19.0 Å². The number of aromatic nitrogens is 3. The number of primary amides is 1. The number of ether oxygens (including phenoxy) is 1. The summed E-state index contributed by atoms with van der Waals surface area (Å²) < 4.78 is 7.42. The summed E-state index contributed by atoms with van der Waals surface area (Å²) in [5, 5.41) is 0.234. The average Bonchev–Trinajstić information content (AvgIpc) is 2.62. The van der Waals surface area contributed by atoms with Gasteiger partial charge in [0.25, 0.3) is 5.56 Å². The van der Waals surface area contributed by atoms with Gasteiger partial charge in [0.15, 0.2) is 0 Å². The lowest BCUT2D eigenvalue weighted by molar-refractivity contribution is -0.118. The molecule has 0 saturated heterocycles. The summed E-state index contributed by atoms with van der Waals surface area (Å²) >= 11 is 0. The minimum Gasteiger partial charge on any atom is -0.496 e. The van der Waals surface area contributed by atoms with Gasteiger partial charge in [0.1, 0.15) is 17.9 Å². The number of para-hydroxylation sites is 1. The van der Waals surface area contributed by atoms with Gasteiger partial charge in [-0.25, -0.2) is 9.78 Å². The molecule has 3 rings (SSSR count). The highest BCUT2D eigenvalue weighted by Crippen LogP contribution is 2.17. The third-order valence-corrected chi connectivity index (χ3v) is 3.81. The van der Waals surface area contributed by atoms with E-state index in [0.717, 1.165) is 9.13 Å². The van der Waals surface area contributed by atoms with Gasteiger partial charge in [-0.1, -0.05) is 18.2 Å². The van der Waals surface area contributed by atoms with Gasteiger partial charge >= 0.3 is 5.69 Å². The molecule has 2 heterocycles. The quantitative estimate of drug-likeness (QED) is 0.708. The van der Waals surface area contributed by atoms with E-state index in [-0.39, 0.29) is 24.1 Å². The fraction of sp³-hybridized carbons (Fsp3) is 0.176. The first kappa shape index (κ1) is 16.4. The highest BCUT2D eigenvalue weighted by atomic mass is 16.5. The molecular weight excluding hydrogens is 324 g/mol. The standard InChI is InChI=1S/C17H16N4O4/c1-25-13-7-3-2-5-11(13)9-21-16(23)12-6-4-8-19-15(12)20(17(21)24)10-14(18)22/h2-8H,9-10H2,1H3,(H2,18,22). The summed E-state index contributed by atoms with van der Waals surface area (Å²) in [6.07, 6.45) is 1.45. The molecule has 8 heteroatoms. The van der Waals surface area contributed by atoms with E-state index >= 15 is 0 Å². The van der Waals surface area contributed by atoms with Crippen molar-refractivity contribution in [1.82, 2.24) is 14.1 Å². The number of fused-ring (bicyclic) bond motifs is 1. The second-order valence-electron chi connectivity index (χ2n) is 5.41. The second-order valence-corrected chi connectivity index (χ2v) is 5.41. The van der Waals surface area contributed by atoms with Crippen LogP contribution in [0.4, 0.5) is 0 Å². The first-order valence-electron chi connectivity index (χ1n) is 7.51. The molecule has 0 aliphatic carbocycles. The summed E-state index contributed by atoms with van der Waals surface area (Å²) in [4.78, 5) is 40.9. The highest BCUT2D eigenvalue weighted by molar-refractivity contribution is 5.78. The van der Waals surface area contributed by atoms with Gasteiger partial charge in [-0.15, -0.1) is 0 Å². The van der Waals surface area contributed by atoms with Crippen LogP contribution in [0.5, 0.6) is 5.75 Å². The van der Waals surface area contributed by atoms with Crippen molar-refractivity contribution in [2.45, 2.75) is 13.1 Å². The van der Waals surface area contributed by atoms with E-state index in [1.165, 1.54) is 13.3 Å². The van der Waals surface area contributed by atoms with Crippen molar-refractivity contribution >= 4 is 16.9 Å². The summed E-state index contributed by atoms with van der Waals surface area (Å²) in [5.41, 5.74) is 4.90. The van der Waals surface area contributed by atoms with E-state index < -0.39 is 17.2 Å². The molecule has 8 nitrogen and oxygen atoms in total. The number of pyridine rings is 1. The molecular formula is C17H16N4O4. The molecule has 0 radical (unpaired) electrons. The van der Waals surface area contributed by atoms with Crippen LogP contribution in [-0.2, 0) is 17.9 Å². The van der Waals surface area contributed by atoms with Crippen LogP contribution in [-0.4, -0.2) is 27.1 Å². The van der Waals surface area contributed by atoms with Crippen molar-refractivity contribution in [3.05, 3.63) is 69.0 Å². The normalized spacial score (nSPS) is 10.8. The number of nitrogens with zero attached hydrogens (tertiary/aromatic N) is 3. The number of amides is 1. The number of hydrogen-bond acceptors (Lipinski definition) is 5. The van der Waals surface area contributed by atoms with E-state index in [1.54, 1.807) is 36.4 Å². The Hall–Kier alpha value is -3.42. The van der Waals surface area contributed by atoms with E-state index in [1.807, 2.05) is 0 Å². The Labute approximate surface area is 142 Å². The molecule has 25 heavy (non-hydrogen) atoms. The monoisotopic (exact) mass is 340 g/mol. The van der Waals surface area contributed by atoms with E-state index in [4.69, 9.17) is 10.5 Å². The molecule has 3 aromatic rings. The Balaban J connectivity index is 2.26. The van der Waals surface area contributed by atoms with Crippen molar-refractivity contribution in [3.63, 3.8) is 0 Å². The van der Waals surface area contributed by atoms with E-state index in [2.05, 4.69) is 4.98 Å². The fourth-order valence-electron chi connectivity index (χ4n) is 2.69. The Morgan fingerprint density at radius 2 is 1.92 bits per heavy atom. The largest absolute Gasteiger partial charge is 0.496 e. The lowest BCUT2D eigenvalue weighted by Gasteiger charge is -2.13. The predicted octanol–water partition coefficient (Wildman–Crippen LogP) is 0.100. The molecule has 2 N–H and O–H groups in total. The van der Waals surface area contributed by atoms with Crippen LogP contribution in [0.25, 0.3) is 11.0 Å². The topological polar surface area (TPSA) is 109 Å². The van der Waals surface area contributed by atoms with Crippen molar-refractivity contribution in [1.29, 1.82) is 0 Å². The van der Waals surface area contributed by atoms with Crippen LogP contribution in [0.3, 0.4) is 0 Å². The number of hydrogen-bond donors (Lipinski definition) is 1. The summed E-state index contributed by atoms with van der Waals surface area (Å²) in [7, 11) is 1.51. The molecule has 0 unspecified atom stereocenters. The van der Waals surface area contributed by atoms with Crippen molar-refractivity contribution in [3.8, 4) is 5.75 Å². The molecule has 0 atom stereocenters. The lowest BCUT2D eigenvalue weighted by atomic mass is 10.2. The zero-order chi connectivity index (χ0) is 18.0. The SMILES string of the molecule is COc1ccccc1Cn1c(=O)c2cccnc2n(CC(N)=O)c1=O. The first-order valence-corrected chi connectivity index (χ1v) is 7.51. The zero-order valence-corrected chi connectivity index (χ0v) is 13.5. The zero-order valence-electron chi connectivity index (χ0n) is 13.5. The Bertz CT molecular complexity index is 1070. The predicted molar refractivity (Wildman–Crippen MR) is 91.6 cm³/mol. The lowest BCUT2D eigenvalue weighted by Crippen LogP contribution is -2.42. The van der Waals surface area contributed by atoms with Crippen molar-refractivity contribution in [2.24, 2.45) is 5.73 Å². The summed E-state index contributed by atoms with van der Waals surface area (Å²) in [6, 6.07) is 10.2. The van der Waals surface area contributed by atoms with Gasteiger partial charge < -0.3 is 10.5 Å². The maximum Gasteiger partial charge on any atom is 0.333 e. The number of rotatable bonds is 5. The van der Waals surface area contributed by atoms with Gasteiger partial charge in [-0.2, -0.15) is 0 Å². The third kappa shape index (κ3) is 3.01. The molecule has 0 fully saturated rings. The van der Waals surface area contributed by atoms with Gasteiger partial charge in [-0.05, 0) is 18.2 Å². The molecule has 0 saturated carbocycles. The number of nitrogens with two attached hydrogens (primary N) is 1. The number of benzene rings is 1.